The highest BCUT2D eigenvalue weighted by Crippen LogP contribution is 2.11. The van der Waals surface area contributed by atoms with Crippen molar-refractivity contribution in [3.63, 3.8) is 0 Å². The molecule has 0 aromatic carbocycles. The Balaban J connectivity index is 1.74. The number of rotatable bonds is 6. The first-order chi connectivity index (χ1) is 8.79. The molecule has 2 heterocycles. The molecule has 0 aliphatic carbocycles. The van der Waals surface area contributed by atoms with Crippen LogP contribution in [-0.2, 0) is 4.74 Å². The molecule has 0 radical (unpaired) electrons. The number of hydrogen-bond acceptors (Lipinski definition) is 6. The molecule has 100 valence electrons. The number of nitrogens with one attached hydrogen (secondary N) is 2. The van der Waals surface area contributed by atoms with Gasteiger partial charge in [-0.3, -0.25) is 0 Å². The fraction of sp³-hybridized carbons (Fsp3) is 0.667. The van der Waals surface area contributed by atoms with Gasteiger partial charge in [0.15, 0.2) is 5.69 Å². The SMILES string of the molecule is CCOC(=O)c1coc(NCCC2CCCN2)n1. The summed E-state index contributed by atoms with van der Waals surface area (Å²) in [6.07, 6.45) is 4.81. The Labute approximate surface area is 106 Å². The van der Waals surface area contributed by atoms with Gasteiger partial charge < -0.3 is 19.8 Å². The van der Waals surface area contributed by atoms with Crippen LogP contribution in [0.3, 0.4) is 0 Å². The number of nitrogens with zero attached hydrogens (tertiary/aromatic N) is 1. The monoisotopic (exact) mass is 253 g/mol. The van der Waals surface area contributed by atoms with Crippen LogP contribution in [0.5, 0.6) is 0 Å². The minimum atomic E-state index is -0.452. The summed E-state index contributed by atoms with van der Waals surface area (Å²) in [5, 5.41) is 6.48. The molecule has 2 N–H and O–H groups in total. The number of anilines is 1. The Bertz CT molecular complexity index is 386. The zero-order valence-corrected chi connectivity index (χ0v) is 10.6. The fourth-order valence-corrected chi connectivity index (χ4v) is 2.01. The first-order valence-corrected chi connectivity index (χ1v) is 6.39. The molecular weight excluding hydrogens is 234 g/mol. The van der Waals surface area contributed by atoms with E-state index < -0.39 is 5.97 Å². The van der Waals surface area contributed by atoms with Gasteiger partial charge in [-0.1, -0.05) is 0 Å². The van der Waals surface area contributed by atoms with Crippen molar-refractivity contribution >= 4 is 12.0 Å². The van der Waals surface area contributed by atoms with Gasteiger partial charge in [0.05, 0.1) is 6.61 Å². The average molecular weight is 253 g/mol. The van der Waals surface area contributed by atoms with Crippen LogP contribution >= 0.6 is 0 Å². The third-order valence-electron chi connectivity index (χ3n) is 2.92. The predicted octanol–water partition coefficient (Wildman–Crippen LogP) is 1.41. The first kappa shape index (κ1) is 12.9. The number of carbonyl (C=O) groups is 1. The summed E-state index contributed by atoms with van der Waals surface area (Å²) >= 11 is 0. The van der Waals surface area contributed by atoms with Crippen molar-refractivity contribution in [1.29, 1.82) is 0 Å². The molecule has 18 heavy (non-hydrogen) atoms. The van der Waals surface area contributed by atoms with Gasteiger partial charge >= 0.3 is 5.97 Å². The van der Waals surface area contributed by atoms with Gasteiger partial charge in [0.25, 0.3) is 6.01 Å². The van der Waals surface area contributed by atoms with Gasteiger partial charge in [-0.05, 0) is 32.7 Å². The van der Waals surface area contributed by atoms with E-state index in [1.165, 1.54) is 19.1 Å². The number of carbonyl (C=O) groups excluding carboxylic acids is 1. The van der Waals surface area contributed by atoms with Gasteiger partial charge in [0, 0.05) is 12.6 Å². The maximum Gasteiger partial charge on any atom is 0.360 e. The lowest BCUT2D eigenvalue weighted by Crippen LogP contribution is -2.24. The zero-order chi connectivity index (χ0) is 12.8. The average Bonchev–Trinajstić information content (AvgIpc) is 3.00. The van der Waals surface area contributed by atoms with Gasteiger partial charge in [-0.2, -0.15) is 4.98 Å². The molecular formula is C12H19N3O3. The van der Waals surface area contributed by atoms with Crippen molar-refractivity contribution < 1.29 is 13.9 Å². The maximum atomic E-state index is 11.4. The van der Waals surface area contributed by atoms with E-state index in [1.54, 1.807) is 6.92 Å². The number of hydrogen-bond donors (Lipinski definition) is 2. The van der Waals surface area contributed by atoms with Crippen molar-refractivity contribution in [2.45, 2.75) is 32.2 Å². The summed E-state index contributed by atoms with van der Waals surface area (Å²) in [7, 11) is 0. The van der Waals surface area contributed by atoms with Crippen LogP contribution in [-0.4, -0.2) is 36.7 Å². The molecule has 1 aromatic rings. The summed E-state index contributed by atoms with van der Waals surface area (Å²) in [6.45, 7) is 3.98. The number of esters is 1. The predicted molar refractivity (Wildman–Crippen MR) is 66.6 cm³/mol. The minimum absolute atomic E-state index is 0.207. The smallest absolute Gasteiger partial charge is 0.360 e. The lowest BCUT2D eigenvalue weighted by molar-refractivity contribution is 0.0519. The summed E-state index contributed by atoms with van der Waals surface area (Å²) in [6, 6.07) is 0.952. The molecule has 1 fully saturated rings. The third-order valence-corrected chi connectivity index (χ3v) is 2.92. The lowest BCUT2D eigenvalue weighted by Gasteiger charge is -2.09. The second-order valence-electron chi connectivity index (χ2n) is 4.27. The highest BCUT2D eigenvalue weighted by molar-refractivity contribution is 5.87. The van der Waals surface area contributed by atoms with Crippen LogP contribution in [0.25, 0.3) is 0 Å². The summed E-state index contributed by atoms with van der Waals surface area (Å²) in [5.41, 5.74) is 0.207. The fourth-order valence-electron chi connectivity index (χ4n) is 2.01. The molecule has 1 atom stereocenters. The Morgan fingerprint density at radius 3 is 3.33 bits per heavy atom. The van der Waals surface area contributed by atoms with Crippen LogP contribution in [0.4, 0.5) is 6.01 Å². The van der Waals surface area contributed by atoms with E-state index in [-0.39, 0.29) is 5.69 Å². The van der Waals surface area contributed by atoms with Crippen molar-refractivity contribution in [3.8, 4) is 0 Å². The lowest BCUT2D eigenvalue weighted by atomic mass is 10.2. The van der Waals surface area contributed by atoms with Crippen molar-refractivity contribution in [1.82, 2.24) is 10.3 Å². The summed E-state index contributed by atoms with van der Waals surface area (Å²) < 4.78 is 9.98. The number of ether oxygens (including phenoxy) is 1. The molecule has 1 saturated heterocycles. The van der Waals surface area contributed by atoms with Crippen LogP contribution in [0, 0.1) is 0 Å². The molecule has 1 unspecified atom stereocenters. The Morgan fingerprint density at radius 1 is 1.72 bits per heavy atom. The van der Waals surface area contributed by atoms with Crippen molar-refractivity contribution in [2.24, 2.45) is 0 Å². The van der Waals surface area contributed by atoms with Crippen LogP contribution < -0.4 is 10.6 Å². The van der Waals surface area contributed by atoms with E-state index in [0.29, 0.717) is 18.7 Å². The normalized spacial score (nSPS) is 18.8. The highest BCUT2D eigenvalue weighted by atomic mass is 16.5. The molecule has 1 aliphatic heterocycles. The molecule has 0 spiro atoms. The molecule has 1 aliphatic rings. The Morgan fingerprint density at radius 2 is 2.61 bits per heavy atom. The van der Waals surface area contributed by atoms with Crippen LogP contribution in [0.2, 0.25) is 0 Å². The molecule has 0 bridgehead atoms. The van der Waals surface area contributed by atoms with Gasteiger partial charge in [0.1, 0.15) is 6.26 Å². The quantitative estimate of drug-likeness (QED) is 0.746. The number of oxazole rings is 1. The minimum Gasteiger partial charge on any atom is -0.461 e. The third kappa shape index (κ3) is 3.46. The summed E-state index contributed by atoms with van der Waals surface area (Å²) in [5.74, 6) is -0.452. The maximum absolute atomic E-state index is 11.4. The van der Waals surface area contributed by atoms with Crippen LogP contribution in [0.15, 0.2) is 10.7 Å². The van der Waals surface area contributed by atoms with E-state index in [4.69, 9.17) is 9.15 Å². The summed E-state index contributed by atoms with van der Waals surface area (Å²) in [4.78, 5) is 15.4. The van der Waals surface area contributed by atoms with Crippen LogP contribution in [0.1, 0.15) is 36.7 Å². The molecule has 0 amide bonds. The standard InChI is InChI=1S/C12H19N3O3/c1-2-17-11(16)10-8-18-12(15-10)14-7-5-9-4-3-6-13-9/h8-9,13H,2-7H2,1H3,(H,14,15). The zero-order valence-electron chi connectivity index (χ0n) is 10.6. The van der Waals surface area contributed by atoms with Gasteiger partial charge in [0.2, 0.25) is 0 Å². The number of aromatic nitrogens is 1. The van der Waals surface area contributed by atoms with E-state index in [9.17, 15) is 4.79 Å². The van der Waals surface area contributed by atoms with E-state index in [1.807, 2.05) is 0 Å². The molecule has 6 nitrogen and oxygen atoms in total. The van der Waals surface area contributed by atoms with Crippen molar-refractivity contribution in [2.75, 3.05) is 25.0 Å². The molecule has 0 saturated carbocycles. The van der Waals surface area contributed by atoms with Crippen molar-refractivity contribution in [3.05, 3.63) is 12.0 Å². The largest absolute Gasteiger partial charge is 0.461 e. The highest BCUT2D eigenvalue weighted by Gasteiger charge is 2.15. The molecule has 2 rings (SSSR count). The van der Waals surface area contributed by atoms with E-state index in [0.717, 1.165) is 19.5 Å². The first-order valence-electron chi connectivity index (χ1n) is 6.39. The second-order valence-corrected chi connectivity index (χ2v) is 4.27. The molecule has 6 heteroatoms. The van der Waals surface area contributed by atoms with Gasteiger partial charge in [-0.25, -0.2) is 4.79 Å². The van der Waals surface area contributed by atoms with Gasteiger partial charge in [-0.15, -0.1) is 0 Å². The Hall–Kier alpha value is -1.56. The topological polar surface area (TPSA) is 76.4 Å². The van der Waals surface area contributed by atoms with E-state index >= 15 is 0 Å². The second kappa shape index (κ2) is 6.39. The molecule has 1 aromatic heterocycles. The Kier molecular flexibility index (Phi) is 4.58. The van der Waals surface area contributed by atoms with E-state index in [2.05, 4.69) is 15.6 Å².